The van der Waals surface area contributed by atoms with E-state index in [1.807, 2.05) is 36.4 Å². The molecule has 3 rings (SSSR count). The van der Waals surface area contributed by atoms with Crippen LogP contribution in [0.1, 0.15) is 0 Å². The van der Waals surface area contributed by atoms with Crippen molar-refractivity contribution in [1.82, 2.24) is 4.90 Å². The minimum absolute atomic E-state index is 0.254. The van der Waals surface area contributed by atoms with Crippen LogP contribution in [0.5, 0.6) is 0 Å². The lowest BCUT2D eigenvalue weighted by Gasteiger charge is -2.28. The number of carbonyl (C=O) groups is 1. The predicted octanol–water partition coefficient (Wildman–Crippen LogP) is 3.87. The second-order valence-electron chi connectivity index (χ2n) is 5.88. The smallest absolute Gasteiger partial charge is 0.321 e. The largest absolute Gasteiger partial charge is 0.755 e. The number of nitrogens with one attached hydrogen (secondary N) is 1. The molecule has 7 heteroatoms. The monoisotopic (exact) mass is 368 g/mol. The molecule has 2 amide bonds. The van der Waals surface area contributed by atoms with Crippen molar-refractivity contribution in [3.63, 3.8) is 0 Å². The average molecular weight is 368 g/mol. The molecule has 1 unspecified atom stereocenters. The number of hydrogen-bond donors (Lipinski definition) is 1. The lowest BCUT2D eigenvalue weighted by atomic mass is 10.1. The van der Waals surface area contributed by atoms with Gasteiger partial charge in [-0.15, -0.1) is 0 Å². The molecule has 0 radical (unpaired) electrons. The van der Waals surface area contributed by atoms with Crippen LogP contribution in [0.25, 0.3) is 10.8 Å². The molecule has 0 spiro atoms. The second-order valence-corrected chi connectivity index (χ2v) is 6.68. The maximum Gasteiger partial charge on any atom is 0.321 e. The lowest BCUT2D eigenvalue weighted by Crippen LogP contribution is -2.27. The lowest BCUT2D eigenvalue weighted by molar-refractivity contribution is 0.230. The summed E-state index contributed by atoms with van der Waals surface area (Å²) in [6, 6.07) is 19.5. The summed E-state index contributed by atoms with van der Waals surface area (Å²) < 4.78 is 25.1. The van der Waals surface area contributed by atoms with E-state index in [0.717, 1.165) is 10.8 Å². The van der Waals surface area contributed by atoms with Gasteiger partial charge in [0.2, 0.25) is 0 Å². The van der Waals surface area contributed by atoms with Crippen LogP contribution < -0.4 is 9.62 Å². The first kappa shape index (κ1) is 17.9. The summed E-state index contributed by atoms with van der Waals surface area (Å²) in [6.45, 7) is 0. The summed E-state index contributed by atoms with van der Waals surface area (Å²) in [4.78, 5) is 13.1. The van der Waals surface area contributed by atoms with Crippen LogP contribution in [0.15, 0.2) is 66.7 Å². The number of nitrogens with zero attached hydrogens (tertiary/aromatic N) is 2. The molecule has 0 aliphatic rings. The molecule has 0 heterocycles. The Morgan fingerprint density at radius 2 is 1.62 bits per heavy atom. The molecular formula is C19H18N3O3S-. The van der Waals surface area contributed by atoms with Gasteiger partial charge >= 0.3 is 6.03 Å². The van der Waals surface area contributed by atoms with Crippen LogP contribution in [0, 0.1) is 0 Å². The SMILES string of the molecule is CN(C)C(=O)Nc1ccc(N(c2cccc3ccccc23)S(=O)[O-])cc1. The Morgan fingerprint density at radius 3 is 2.27 bits per heavy atom. The van der Waals surface area contributed by atoms with Crippen LogP contribution in [0.4, 0.5) is 21.9 Å². The predicted molar refractivity (Wildman–Crippen MR) is 104 cm³/mol. The van der Waals surface area contributed by atoms with Crippen molar-refractivity contribution in [2.45, 2.75) is 0 Å². The average Bonchev–Trinajstić information content (AvgIpc) is 2.63. The molecule has 0 bridgehead atoms. The van der Waals surface area contributed by atoms with Crippen LogP contribution in [-0.4, -0.2) is 33.8 Å². The van der Waals surface area contributed by atoms with Gasteiger partial charge in [0.25, 0.3) is 0 Å². The van der Waals surface area contributed by atoms with E-state index in [2.05, 4.69) is 5.32 Å². The molecule has 0 fully saturated rings. The first-order chi connectivity index (χ1) is 12.5. The van der Waals surface area contributed by atoms with Gasteiger partial charge < -0.3 is 14.8 Å². The van der Waals surface area contributed by atoms with Crippen molar-refractivity contribution in [3.8, 4) is 0 Å². The van der Waals surface area contributed by atoms with Crippen molar-refractivity contribution in [3.05, 3.63) is 66.7 Å². The molecule has 0 saturated carbocycles. The minimum Gasteiger partial charge on any atom is -0.755 e. The van der Waals surface area contributed by atoms with E-state index in [1.54, 1.807) is 44.4 Å². The first-order valence-electron chi connectivity index (χ1n) is 7.93. The van der Waals surface area contributed by atoms with E-state index < -0.39 is 11.3 Å². The maximum absolute atomic E-state index is 11.9. The van der Waals surface area contributed by atoms with Gasteiger partial charge in [0.1, 0.15) is 0 Å². The van der Waals surface area contributed by atoms with Crippen molar-refractivity contribution in [2.75, 3.05) is 23.7 Å². The summed E-state index contributed by atoms with van der Waals surface area (Å²) in [7, 11) is 3.29. The quantitative estimate of drug-likeness (QED) is 0.711. The Bertz CT molecular complexity index is 952. The highest BCUT2D eigenvalue weighted by molar-refractivity contribution is 7.81. The molecule has 6 nitrogen and oxygen atoms in total. The Balaban J connectivity index is 1.98. The van der Waals surface area contributed by atoms with Gasteiger partial charge in [-0.05, 0) is 35.7 Å². The van der Waals surface area contributed by atoms with Gasteiger partial charge in [0, 0.05) is 25.2 Å². The number of anilines is 3. The van der Waals surface area contributed by atoms with Crippen molar-refractivity contribution in [2.24, 2.45) is 0 Å². The number of benzene rings is 3. The van der Waals surface area contributed by atoms with Gasteiger partial charge in [-0.3, -0.25) is 8.51 Å². The third-order valence-electron chi connectivity index (χ3n) is 3.89. The van der Waals surface area contributed by atoms with Crippen molar-refractivity contribution in [1.29, 1.82) is 0 Å². The molecule has 0 aliphatic carbocycles. The summed E-state index contributed by atoms with van der Waals surface area (Å²) in [5.41, 5.74) is 1.64. The summed E-state index contributed by atoms with van der Waals surface area (Å²) in [5.74, 6) is 0. The van der Waals surface area contributed by atoms with E-state index in [9.17, 15) is 13.6 Å². The summed E-state index contributed by atoms with van der Waals surface area (Å²) in [5, 5.41) is 4.51. The first-order valence-corrected chi connectivity index (χ1v) is 8.96. The molecule has 3 aromatic carbocycles. The number of hydrogen-bond acceptors (Lipinski definition) is 3. The third-order valence-corrected chi connectivity index (χ3v) is 4.60. The number of amides is 2. The molecule has 26 heavy (non-hydrogen) atoms. The second kappa shape index (κ2) is 7.55. The van der Waals surface area contributed by atoms with E-state index in [0.29, 0.717) is 17.1 Å². The Labute approximate surface area is 154 Å². The summed E-state index contributed by atoms with van der Waals surface area (Å²) in [6.07, 6.45) is 0. The van der Waals surface area contributed by atoms with E-state index >= 15 is 0 Å². The van der Waals surface area contributed by atoms with Gasteiger partial charge in [-0.2, -0.15) is 0 Å². The van der Waals surface area contributed by atoms with Crippen LogP contribution in [0.2, 0.25) is 0 Å². The van der Waals surface area contributed by atoms with Crippen molar-refractivity contribution >= 4 is 45.1 Å². The number of carbonyl (C=O) groups excluding carboxylic acids is 1. The Hall–Kier alpha value is -2.90. The Morgan fingerprint density at radius 1 is 0.962 bits per heavy atom. The standard InChI is InChI=1S/C19H19N3O3S/c1-21(2)19(23)20-15-10-12-16(13-11-15)22(26(24)25)18-9-5-7-14-6-3-4-8-17(14)18/h3-13H,1-2H3,(H,20,23)(H,24,25)/p-1. The summed E-state index contributed by atoms with van der Waals surface area (Å²) >= 11 is -2.50. The van der Waals surface area contributed by atoms with Gasteiger partial charge in [-0.25, -0.2) is 4.79 Å². The fourth-order valence-electron chi connectivity index (χ4n) is 2.61. The fourth-order valence-corrected chi connectivity index (χ4v) is 3.22. The maximum atomic E-state index is 11.9. The third kappa shape index (κ3) is 3.68. The fraction of sp³-hybridized carbons (Fsp3) is 0.105. The van der Waals surface area contributed by atoms with Crippen LogP contribution in [0.3, 0.4) is 0 Å². The molecule has 3 aromatic rings. The van der Waals surface area contributed by atoms with E-state index in [1.165, 1.54) is 9.21 Å². The van der Waals surface area contributed by atoms with Crippen molar-refractivity contribution < 1.29 is 13.6 Å². The molecule has 0 aromatic heterocycles. The molecule has 0 saturated heterocycles. The molecular weight excluding hydrogens is 350 g/mol. The van der Waals surface area contributed by atoms with Gasteiger partial charge in [0.15, 0.2) is 0 Å². The molecule has 1 atom stereocenters. The highest BCUT2D eigenvalue weighted by Gasteiger charge is 2.14. The zero-order valence-corrected chi connectivity index (χ0v) is 15.2. The Kier molecular flexibility index (Phi) is 5.20. The van der Waals surface area contributed by atoms with Crippen LogP contribution >= 0.6 is 0 Å². The highest BCUT2D eigenvalue weighted by Crippen LogP contribution is 2.33. The molecule has 134 valence electrons. The minimum atomic E-state index is -2.50. The zero-order valence-electron chi connectivity index (χ0n) is 14.4. The highest BCUT2D eigenvalue weighted by atomic mass is 32.2. The number of rotatable bonds is 4. The topological polar surface area (TPSA) is 75.7 Å². The molecule has 0 aliphatic heterocycles. The molecule has 1 N–H and O–H groups in total. The van der Waals surface area contributed by atoms with E-state index in [4.69, 9.17) is 0 Å². The zero-order chi connectivity index (χ0) is 18.7. The van der Waals surface area contributed by atoms with Crippen LogP contribution in [-0.2, 0) is 11.3 Å². The van der Waals surface area contributed by atoms with E-state index in [-0.39, 0.29) is 6.03 Å². The normalized spacial score (nSPS) is 11.8. The van der Waals surface area contributed by atoms with Gasteiger partial charge in [-0.1, -0.05) is 36.4 Å². The van der Waals surface area contributed by atoms with Gasteiger partial charge in [0.05, 0.1) is 22.6 Å². The number of fused-ring (bicyclic) bond motifs is 1. The number of urea groups is 1.